The normalized spacial score (nSPS) is 12.1. The van der Waals surface area contributed by atoms with Crippen molar-refractivity contribution in [1.82, 2.24) is 14.9 Å². The number of aryl methyl sites for hydroxylation is 1. The van der Waals surface area contributed by atoms with E-state index in [4.69, 9.17) is 4.42 Å². The fourth-order valence-electron chi connectivity index (χ4n) is 3.53. The summed E-state index contributed by atoms with van der Waals surface area (Å²) < 4.78 is 7.06. The molecule has 0 radical (unpaired) electrons. The van der Waals surface area contributed by atoms with Crippen LogP contribution in [0.4, 0.5) is 0 Å². The van der Waals surface area contributed by atoms with Gasteiger partial charge in [0.1, 0.15) is 5.76 Å². The summed E-state index contributed by atoms with van der Waals surface area (Å²) in [4.78, 5) is 30.2. The first-order valence-corrected chi connectivity index (χ1v) is 11.5. The number of nitrogens with one attached hydrogen (secondary N) is 1. The van der Waals surface area contributed by atoms with Gasteiger partial charge in [0.25, 0.3) is 5.56 Å². The van der Waals surface area contributed by atoms with Gasteiger partial charge in [-0.1, -0.05) is 53.7 Å². The molecule has 32 heavy (non-hydrogen) atoms. The van der Waals surface area contributed by atoms with Gasteiger partial charge in [0.15, 0.2) is 5.03 Å². The zero-order valence-corrected chi connectivity index (χ0v) is 18.9. The van der Waals surface area contributed by atoms with Gasteiger partial charge in [-0.25, -0.2) is 4.98 Å². The average Bonchev–Trinajstić information content (AvgIpc) is 3.28. The molecule has 2 aromatic carbocycles. The number of thioether (sulfide) groups is 1. The third kappa shape index (κ3) is 5.29. The molecular weight excluding hydrogens is 422 g/mol. The monoisotopic (exact) mass is 447 g/mol. The zero-order valence-electron chi connectivity index (χ0n) is 18.1. The van der Waals surface area contributed by atoms with Gasteiger partial charge in [-0.15, -0.1) is 0 Å². The molecule has 1 amide bonds. The highest BCUT2D eigenvalue weighted by Crippen LogP contribution is 2.18. The van der Waals surface area contributed by atoms with E-state index in [1.165, 1.54) is 17.3 Å². The molecule has 164 valence electrons. The Morgan fingerprint density at radius 2 is 1.91 bits per heavy atom. The maximum atomic E-state index is 13.2. The second kappa shape index (κ2) is 9.87. The maximum Gasteiger partial charge on any atom is 0.283 e. The minimum absolute atomic E-state index is 0.0722. The van der Waals surface area contributed by atoms with Crippen LogP contribution in [0.15, 0.2) is 81.2 Å². The van der Waals surface area contributed by atoms with Crippen molar-refractivity contribution in [3.05, 3.63) is 94.2 Å². The molecule has 2 aromatic heterocycles. The molecule has 0 aliphatic rings. The molecule has 2 heterocycles. The fourth-order valence-corrected chi connectivity index (χ4v) is 4.28. The molecule has 1 N–H and O–H groups in total. The summed E-state index contributed by atoms with van der Waals surface area (Å²) in [5.74, 6) is 0.794. The van der Waals surface area contributed by atoms with E-state index >= 15 is 0 Å². The number of hydrogen-bond donors (Lipinski definition) is 1. The van der Waals surface area contributed by atoms with Crippen LogP contribution in [0.3, 0.4) is 0 Å². The molecule has 0 aliphatic heterocycles. The van der Waals surface area contributed by atoms with E-state index in [-0.39, 0.29) is 23.3 Å². The van der Waals surface area contributed by atoms with Crippen molar-refractivity contribution >= 4 is 28.7 Å². The lowest BCUT2D eigenvalue weighted by Gasteiger charge is -2.14. The topological polar surface area (TPSA) is 77.1 Å². The van der Waals surface area contributed by atoms with E-state index in [0.717, 1.165) is 22.4 Å². The molecule has 1 atom stereocenters. The number of para-hydroxylation sites is 2. The largest absolute Gasteiger partial charge is 0.469 e. The quantitative estimate of drug-likeness (QED) is 0.410. The molecule has 0 saturated heterocycles. The van der Waals surface area contributed by atoms with Crippen molar-refractivity contribution in [3.8, 4) is 0 Å². The predicted octanol–water partition coefficient (Wildman–Crippen LogP) is 4.19. The summed E-state index contributed by atoms with van der Waals surface area (Å²) in [6, 6.07) is 19.3. The molecule has 0 fully saturated rings. The van der Waals surface area contributed by atoms with Crippen LogP contribution in [0.25, 0.3) is 11.0 Å². The minimum atomic E-state index is -0.189. The lowest BCUT2D eigenvalue weighted by Crippen LogP contribution is -2.35. The number of carbonyl (C=O) groups is 1. The molecular formula is C25H25N3O3S. The standard InChI is InChI=1S/C25H25N3O3S/c1-17-9-11-19(12-10-17)15-28-22-8-4-3-7-21(22)27-24(25(28)30)32-16-23(29)26-18(2)14-20-6-5-13-31-20/h3-13,18H,14-16H2,1-2H3,(H,26,29)/t18-/m0/s1. The summed E-state index contributed by atoms with van der Waals surface area (Å²) in [6.07, 6.45) is 2.23. The van der Waals surface area contributed by atoms with Crippen molar-refractivity contribution < 1.29 is 9.21 Å². The molecule has 0 spiro atoms. The molecule has 0 unspecified atom stereocenters. The van der Waals surface area contributed by atoms with E-state index in [0.29, 0.717) is 18.0 Å². The van der Waals surface area contributed by atoms with E-state index in [9.17, 15) is 9.59 Å². The highest BCUT2D eigenvalue weighted by atomic mass is 32.2. The Morgan fingerprint density at radius 1 is 1.12 bits per heavy atom. The van der Waals surface area contributed by atoms with Crippen LogP contribution >= 0.6 is 11.8 Å². The lowest BCUT2D eigenvalue weighted by molar-refractivity contribution is -0.119. The van der Waals surface area contributed by atoms with Gasteiger partial charge in [0.2, 0.25) is 5.91 Å². The zero-order chi connectivity index (χ0) is 22.5. The minimum Gasteiger partial charge on any atom is -0.469 e. The average molecular weight is 448 g/mol. The first-order chi connectivity index (χ1) is 15.5. The number of rotatable bonds is 8. The number of aromatic nitrogens is 2. The summed E-state index contributed by atoms with van der Waals surface area (Å²) in [7, 11) is 0. The van der Waals surface area contributed by atoms with E-state index < -0.39 is 0 Å². The van der Waals surface area contributed by atoms with Gasteiger partial charge in [0.05, 0.1) is 29.6 Å². The number of furan rings is 1. The number of fused-ring (bicyclic) bond motifs is 1. The Hall–Kier alpha value is -3.32. The predicted molar refractivity (Wildman–Crippen MR) is 127 cm³/mol. The Balaban J connectivity index is 1.51. The lowest BCUT2D eigenvalue weighted by atomic mass is 10.1. The van der Waals surface area contributed by atoms with Gasteiger partial charge >= 0.3 is 0 Å². The summed E-state index contributed by atoms with van der Waals surface area (Å²) in [6.45, 7) is 4.41. The van der Waals surface area contributed by atoms with Crippen LogP contribution in [-0.2, 0) is 17.8 Å². The van der Waals surface area contributed by atoms with Gasteiger partial charge in [-0.2, -0.15) is 0 Å². The number of amides is 1. The van der Waals surface area contributed by atoms with Crippen molar-refractivity contribution in [3.63, 3.8) is 0 Å². The molecule has 0 aliphatic carbocycles. The van der Waals surface area contributed by atoms with Crippen LogP contribution in [0.1, 0.15) is 23.8 Å². The van der Waals surface area contributed by atoms with Gasteiger partial charge in [-0.3, -0.25) is 14.2 Å². The van der Waals surface area contributed by atoms with Crippen molar-refractivity contribution in [2.24, 2.45) is 0 Å². The molecule has 4 rings (SSSR count). The van der Waals surface area contributed by atoms with Crippen LogP contribution in [0.2, 0.25) is 0 Å². The molecule has 0 bridgehead atoms. The SMILES string of the molecule is Cc1ccc(Cn2c(=O)c(SCC(=O)N[C@@H](C)Cc3ccco3)nc3ccccc32)cc1. The third-order valence-corrected chi connectivity index (χ3v) is 6.06. The number of benzene rings is 2. The first-order valence-electron chi connectivity index (χ1n) is 10.5. The van der Waals surface area contributed by atoms with Crippen molar-refractivity contribution in [2.45, 2.75) is 37.9 Å². The Labute approximate surface area is 190 Å². The van der Waals surface area contributed by atoms with Crippen LogP contribution in [-0.4, -0.2) is 27.3 Å². The Bertz CT molecular complexity index is 1260. The van der Waals surface area contributed by atoms with Crippen LogP contribution in [0.5, 0.6) is 0 Å². The number of carbonyl (C=O) groups excluding carboxylic acids is 1. The summed E-state index contributed by atoms with van der Waals surface area (Å²) in [5, 5.41) is 3.27. The fraction of sp³-hybridized carbons (Fsp3) is 0.240. The van der Waals surface area contributed by atoms with Crippen LogP contribution in [0, 0.1) is 6.92 Å². The van der Waals surface area contributed by atoms with Crippen molar-refractivity contribution in [2.75, 3.05) is 5.75 Å². The summed E-state index contributed by atoms with van der Waals surface area (Å²) in [5.41, 5.74) is 3.52. The van der Waals surface area contributed by atoms with Crippen LogP contribution < -0.4 is 10.9 Å². The second-order valence-corrected chi connectivity index (χ2v) is 8.79. The first kappa shape index (κ1) is 21.9. The smallest absolute Gasteiger partial charge is 0.283 e. The van der Waals surface area contributed by atoms with E-state index in [2.05, 4.69) is 10.3 Å². The molecule has 4 aromatic rings. The molecule has 6 nitrogen and oxygen atoms in total. The number of hydrogen-bond acceptors (Lipinski definition) is 5. The Morgan fingerprint density at radius 3 is 2.66 bits per heavy atom. The molecule has 0 saturated carbocycles. The Kier molecular flexibility index (Phi) is 6.75. The van der Waals surface area contributed by atoms with Gasteiger partial charge < -0.3 is 9.73 Å². The van der Waals surface area contributed by atoms with Crippen molar-refractivity contribution in [1.29, 1.82) is 0 Å². The third-order valence-electron chi connectivity index (χ3n) is 5.12. The number of nitrogens with zero attached hydrogens (tertiary/aromatic N) is 2. The van der Waals surface area contributed by atoms with E-state index in [1.807, 2.05) is 74.5 Å². The molecule has 7 heteroatoms. The highest BCUT2D eigenvalue weighted by Gasteiger charge is 2.15. The maximum absolute atomic E-state index is 13.2. The second-order valence-electron chi connectivity index (χ2n) is 7.82. The highest BCUT2D eigenvalue weighted by molar-refractivity contribution is 7.99. The van der Waals surface area contributed by atoms with E-state index in [1.54, 1.807) is 10.8 Å². The van der Waals surface area contributed by atoms with Gasteiger partial charge in [0, 0.05) is 12.5 Å². The van der Waals surface area contributed by atoms with Gasteiger partial charge in [-0.05, 0) is 43.7 Å². The summed E-state index contributed by atoms with van der Waals surface area (Å²) >= 11 is 1.17.